The Bertz CT molecular complexity index is 399. The summed E-state index contributed by atoms with van der Waals surface area (Å²) >= 11 is 5.88. The Kier molecular flexibility index (Phi) is 3.86. The van der Waals surface area contributed by atoms with Crippen molar-refractivity contribution in [2.75, 3.05) is 7.11 Å². The fourth-order valence-corrected chi connectivity index (χ4v) is 1.54. The molecule has 0 aromatic heterocycles. The molecule has 0 N–H and O–H groups in total. The van der Waals surface area contributed by atoms with Crippen LogP contribution in [0.1, 0.15) is 22.3 Å². The van der Waals surface area contributed by atoms with Crippen molar-refractivity contribution < 1.29 is 14.3 Å². The lowest BCUT2D eigenvalue weighted by molar-refractivity contribution is -0.107. The molecule has 0 atom stereocenters. The SMILES string of the molecule is COc1cc(C)c(C(=O)CC=O)cc1Cl. The minimum atomic E-state index is -0.230. The number of carbonyl (C=O) groups excluding carboxylic acids is 2. The molecule has 0 saturated heterocycles. The van der Waals surface area contributed by atoms with E-state index in [1.165, 1.54) is 13.2 Å². The van der Waals surface area contributed by atoms with E-state index in [-0.39, 0.29) is 12.2 Å². The lowest BCUT2D eigenvalue weighted by Gasteiger charge is -2.08. The molecule has 15 heavy (non-hydrogen) atoms. The molecule has 0 heterocycles. The molecular formula is C11H11ClO3. The number of ketones is 1. The van der Waals surface area contributed by atoms with Crippen LogP contribution in [0, 0.1) is 6.92 Å². The zero-order chi connectivity index (χ0) is 11.4. The van der Waals surface area contributed by atoms with Gasteiger partial charge in [0.25, 0.3) is 0 Å². The average molecular weight is 227 g/mol. The number of aldehydes is 1. The summed E-state index contributed by atoms with van der Waals surface area (Å²) in [6, 6.07) is 3.21. The van der Waals surface area contributed by atoms with E-state index in [4.69, 9.17) is 16.3 Å². The van der Waals surface area contributed by atoms with Gasteiger partial charge >= 0.3 is 0 Å². The van der Waals surface area contributed by atoms with Crippen LogP contribution in [0.15, 0.2) is 12.1 Å². The van der Waals surface area contributed by atoms with Gasteiger partial charge in [-0.25, -0.2) is 0 Å². The summed E-state index contributed by atoms with van der Waals surface area (Å²) in [6.07, 6.45) is 0.462. The van der Waals surface area contributed by atoms with Gasteiger partial charge in [-0.3, -0.25) is 4.79 Å². The first-order chi connectivity index (χ1) is 7.10. The van der Waals surface area contributed by atoms with Crippen LogP contribution < -0.4 is 4.74 Å². The van der Waals surface area contributed by atoms with E-state index in [1.807, 2.05) is 0 Å². The van der Waals surface area contributed by atoms with Crippen LogP contribution in [0.4, 0.5) is 0 Å². The maximum atomic E-state index is 11.5. The maximum Gasteiger partial charge on any atom is 0.170 e. The van der Waals surface area contributed by atoms with Crippen LogP contribution in [0.25, 0.3) is 0 Å². The summed E-state index contributed by atoms with van der Waals surface area (Å²) < 4.78 is 5.01. The van der Waals surface area contributed by atoms with Crippen molar-refractivity contribution in [1.82, 2.24) is 0 Å². The lowest BCUT2D eigenvalue weighted by atomic mass is 10.0. The van der Waals surface area contributed by atoms with Crippen LogP contribution in [0.3, 0.4) is 0 Å². The number of aryl methyl sites for hydroxylation is 1. The van der Waals surface area contributed by atoms with Crippen LogP contribution >= 0.6 is 11.6 Å². The highest BCUT2D eigenvalue weighted by Gasteiger charge is 2.12. The molecule has 0 amide bonds. The van der Waals surface area contributed by atoms with Crippen molar-refractivity contribution in [2.45, 2.75) is 13.3 Å². The predicted molar refractivity (Wildman–Crippen MR) is 57.8 cm³/mol. The molecule has 0 fully saturated rings. The van der Waals surface area contributed by atoms with E-state index in [2.05, 4.69) is 0 Å². The molecule has 0 saturated carbocycles. The number of rotatable bonds is 4. The topological polar surface area (TPSA) is 43.4 Å². The molecule has 80 valence electrons. The van der Waals surface area contributed by atoms with Gasteiger partial charge in [0.1, 0.15) is 12.0 Å². The van der Waals surface area contributed by atoms with Gasteiger partial charge in [0, 0.05) is 5.56 Å². The second kappa shape index (κ2) is 4.94. The lowest BCUT2D eigenvalue weighted by Crippen LogP contribution is -2.03. The Hall–Kier alpha value is -1.35. The van der Waals surface area contributed by atoms with Crippen molar-refractivity contribution in [3.63, 3.8) is 0 Å². The summed E-state index contributed by atoms with van der Waals surface area (Å²) in [4.78, 5) is 21.7. The molecule has 3 nitrogen and oxygen atoms in total. The van der Waals surface area contributed by atoms with Crippen molar-refractivity contribution in [3.05, 3.63) is 28.3 Å². The third-order valence-electron chi connectivity index (χ3n) is 2.07. The molecule has 0 aliphatic heterocycles. The van der Waals surface area contributed by atoms with Gasteiger partial charge in [0.05, 0.1) is 18.6 Å². The quantitative estimate of drug-likeness (QED) is 0.450. The fourth-order valence-electron chi connectivity index (χ4n) is 1.30. The first kappa shape index (κ1) is 11.7. The molecule has 1 aromatic rings. The number of methoxy groups -OCH3 is 1. The number of ether oxygens (including phenoxy) is 1. The van der Waals surface area contributed by atoms with Gasteiger partial charge in [-0.1, -0.05) is 11.6 Å². The fraction of sp³-hybridized carbons (Fsp3) is 0.273. The zero-order valence-corrected chi connectivity index (χ0v) is 9.30. The number of Topliss-reactive ketones (excluding diaryl/α,β-unsaturated/α-hetero) is 1. The van der Waals surface area contributed by atoms with Gasteiger partial charge in [0.2, 0.25) is 0 Å². The molecule has 4 heteroatoms. The van der Waals surface area contributed by atoms with Crippen molar-refractivity contribution in [2.24, 2.45) is 0 Å². The normalized spacial score (nSPS) is 9.80. The van der Waals surface area contributed by atoms with Gasteiger partial charge in [0.15, 0.2) is 5.78 Å². The van der Waals surface area contributed by atoms with Gasteiger partial charge < -0.3 is 9.53 Å². The van der Waals surface area contributed by atoms with E-state index < -0.39 is 0 Å². The molecule has 0 aliphatic rings. The summed E-state index contributed by atoms with van der Waals surface area (Å²) in [7, 11) is 1.51. The van der Waals surface area contributed by atoms with E-state index in [0.29, 0.717) is 22.6 Å². The van der Waals surface area contributed by atoms with Gasteiger partial charge in [-0.2, -0.15) is 0 Å². The zero-order valence-electron chi connectivity index (χ0n) is 8.54. The van der Waals surface area contributed by atoms with Gasteiger partial charge in [-0.05, 0) is 24.6 Å². The number of benzene rings is 1. The molecule has 0 spiro atoms. The van der Waals surface area contributed by atoms with Crippen LogP contribution in [0.5, 0.6) is 5.75 Å². The summed E-state index contributed by atoms with van der Waals surface area (Å²) in [6.45, 7) is 1.77. The predicted octanol–water partition coefficient (Wildman–Crippen LogP) is 2.43. The summed E-state index contributed by atoms with van der Waals surface area (Å²) in [5.41, 5.74) is 1.22. The monoisotopic (exact) mass is 226 g/mol. The minimum Gasteiger partial charge on any atom is -0.495 e. The highest BCUT2D eigenvalue weighted by Crippen LogP contribution is 2.28. The Balaban J connectivity index is 3.15. The highest BCUT2D eigenvalue weighted by atomic mass is 35.5. The Morgan fingerprint density at radius 3 is 2.73 bits per heavy atom. The first-order valence-corrected chi connectivity index (χ1v) is 4.79. The largest absolute Gasteiger partial charge is 0.495 e. The van der Waals surface area contributed by atoms with Crippen molar-refractivity contribution in [1.29, 1.82) is 0 Å². The molecule has 1 aromatic carbocycles. The molecule has 0 bridgehead atoms. The minimum absolute atomic E-state index is 0.122. The molecule has 0 aliphatic carbocycles. The van der Waals surface area contributed by atoms with E-state index >= 15 is 0 Å². The van der Waals surface area contributed by atoms with Crippen LogP contribution in [-0.2, 0) is 4.79 Å². The molecule has 1 rings (SSSR count). The Labute approximate surface area is 93.0 Å². The first-order valence-electron chi connectivity index (χ1n) is 4.41. The van der Waals surface area contributed by atoms with Crippen LogP contribution in [-0.4, -0.2) is 19.2 Å². The smallest absolute Gasteiger partial charge is 0.170 e. The third kappa shape index (κ3) is 2.57. The Morgan fingerprint density at radius 2 is 2.20 bits per heavy atom. The van der Waals surface area contributed by atoms with Gasteiger partial charge in [-0.15, -0.1) is 0 Å². The summed E-state index contributed by atoms with van der Waals surface area (Å²) in [5, 5.41) is 0.373. The van der Waals surface area contributed by atoms with E-state index in [9.17, 15) is 9.59 Å². The van der Waals surface area contributed by atoms with Crippen molar-refractivity contribution >= 4 is 23.7 Å². The maximum absolute atomic E-state index is 11.5. The highest BCUT2D eigenvalue weighted by molar-refractivity contribution is 6.32. The number of hydrogen-bond donors (Lipinski definition) is 0. The molecular weight excluding hydrogens is 216 g/mol. The third-order valence-corrected chi connectivity index (χ3v) is 2.36. The number of hydrogen-bond acceptors (Lipinski definition) is 3. The molecule has 0 unspecified atom stereocenters. The number of carbonyl (C=O) groups is 2. The average Bonchev–Trinajstić information content (AvgIpc) is 2.21. The number of halogens is 1. The summed E-state index contributed by atoms with van der Waals surface area (Å²) in [5.74, 6) is 0.295. The van der Waals surface area contributed by atoms with E-state index in [0.717, 1.165) is 5.56 Å². The van der Waals surface area contributed by atoms with Crippen LogP contribution in [0.2, 0.25) is 5.02 Å². The van der Waals surface area contributed by atoms with Crippen molar-refractivity contribution in [3.8, 4) is 5.75 Å². The molecule has 0 radical (unpaired) electrons. The standard InChI is InChI=1S/C11H11ClO3/c1-7-5-11(15-2)9(12)6-8(7)10(14)3-4-13/h4-6H,3H2,1-2H3. The Morgan fingerprint density at radius 1 is 1.53 bits per heavy atom. The second-order valence-electron chi connectivity index (χ2n) is 3.10. The second-order valence-corrected chi connectivity index (χ2v) is 3.50. The van der Waals surface area contributed by atoms with E-state index in [1.54, 1.807) is 13.0 Å².